The van der Waals surface area contributed by atoms with Crippen LogP contribution in [-0.2, 0) is 9.59 Å². The Morgan fingerprint density at radius 2 is 2.05 bits per heavy atom. The van der Waals surface area contributed by atoms with E-state index in [0.717, 1.165) is 4.90 Å². The van der Waals surface area contributed by atoms with E-state index in [9.17, 15) is 22.8 Å². The van der Waals surface area contributed by atoms with Crippen molar-refractivity contribution in [2.75, 3.05) is 26.2 Å². The molecule has 2 atom stereocenters. The number of hydrogen-bond acceptors (Lipinski definition) is 3. The molecule has 8 heteroatoms. The molecule has 0 aromatic heterocycles. The van der Waals surface area contributed by atoms with E-state index in [1.807, 2.05) is 0 Å². The Bertz CT molecular complexity index is 401. The van der Waals surface area contributed by atoms with Gasteiger partial charge in [0.15, 0.2) is 0 Å². The number of likely N-dealkylation sites (tertiary alicyclic amines) is 1. The molecule has 1 amide bonds. The van der Waals surface area contributed by atoms with Gasteiger partial charge in [0.25, 0.3) is 0 Å². The van der Waals surface area contributed by atoms with Crippen molar-refractivity contribution in [1.29, 1.82) is 0 Å². The second-order valence-corrected chi connectivity index (χ2v) is 5.72. The molecule has 128 valence electrons. The van der Waals surface area contributed by atoms with Crippen molar-refractivity contribution in [2.45, 2.75) is 45.3 Å². The first-order valence-electron chi connectivity index (χ1n) is 7.48. The summed E-state index contributed by atoms with van der Waals surface area (Å²) in [4.78, 5) is 25.9. The van der Waals surface area contributed by atoms with Crippen LogP contribution in [0.4, 0.5) is 13.2 Å². The minimum absolute atomic E-state index is 0.0589. The summed E-state index contributed by atoms with van der Waals surface area (Å²) in [5.41, 5.74) is 0. The van der Waals surface area contributed by atoms with Crippen LogP contribution in [0.5, 0.6) is 0 Å². The summed E-state index contributed by atoms with van der Waals surface area (Å²) in [7, 11) is 0. The lowest BCUT2D eigenvalue weighted by Crippen LogP contribution is -2.50. The topological polar surface area (TPSA) is 60.9 Å². The largest absolute Gasteiger partial charge is 0.480 e. The first-order chi connectivity index (χ1) is 10.2. The van der Waals surface area contributed by atoms with Crippen molar-refractivity contribution in [3.05, 3.63) is 0 Å². The van der Waals surface area contributed by atoms with Gasteiger partial charge in [0.05, 0.1) is 5.92 Å². The highest BCUT2D eigenvalue weighted by Gasteiger charge is 2.37. The molecule has 1 saturated heterocycles. The maximum atomic E-state index is 12.6. The van der Waals surface area contributed by atoms with Gasteiger partial charge in [0.2, 0.25) is 5.91 Å². The first kappa shape index (κ1) is 18.7. The lowest BCUT2D eigenvalue weighted by Gasteiger charge is -2.36. The molecule has 5 nitrogen and oxygen atoms in total. The number of halogens is 3. The Kier molecular flexibility index (Phi) is 6.65. The highest BCUT2D eigenvalue weighted by atomic mass is 19.4. The predicted molar refractivity (Wildman–Crippen MR) is 74.3 cm³/mol. The van der Waals surface area contributed by atoms with Crippen LogP contribution < -0.4 is 0 Å². The summed E-state index contributed by atoms with van der Waals surface area (Å²) in [6, 6.07) is -0.738. The zero-order valence-electron chi connectivity index (χ0n) is 12.9. The molecule has 0 aliphatic carbocycles. The van der Waals surface area contributed by atoms with Gasteiger partial charge in [-0.15, -0.1) is 0 Å². The third-order valence-corrected chi connectivity index (χ3v) is 3.88. The Balaban J connectivity index is 2.74. The number of carboxylic acids is 1. The van der Waals surface area contributed by atoms with Crippen LogP contribution in [0.2, 0.25) is 0 Å². The van der Waals surface area contributed by atoms with Gasteiger partial charge in [-0.2, -0.15) is 13.2 Å². The van der Waals surface area contributed by atoms with Crippen molar-refractivity contribution in [3.8, 4) is 0 Å². The second kappa shape index (κ2) is 7.80. The van der Waals surface area contributed by atoms with E-state index in [1.54, 1.807) is 11.8 Å². The molecular weight excluding hydrogens is 301 g/mol. The van der Waals surface area contributed by atoms with E-state index >= 15 is 0 Å². The Morgan fingerprint density at radius 3 is 2.55 bits per heavy atom. The van der Waals surface area contributed by atoms with Crippen LogP contribution in [0, 0.1) is 5.92 Å². The highest BCUT2D eigenvalue weighted by molar-refractivity contribution is 5.79. The summed E-state index contributed by atoms with van der Waals surface area (Å²) in [5, 5.41) is 9.02. The van der Waals surface area contributed by atoms with E-state index < -0.39 is 36.6 Å². The van der Waals surface area contributed by atoms with Crippen molar-refractivity contribution in [3.63, 3.8) is 0 Å². The molecule has 1 fully saturated rings. The van der Waals surface area contributed by atoms with E-state index in [2.05, 4.69) is 0 Å². The van der Waals surface area contributed by atoms with E-state index in [-0.39, 0.29) is 13.1 Å². The lowest BCUT2D eigenvalue weighted by atomic mass is 9.95. The monoisotopic (exact) mass is 324 g/mol. The number of amides is 1. The van der Waals surface area contributed by atoms with Crippen molar-refractivity contribution in [1.82, 2.24) is 9.80 Å². The summed E-state index contributed by atoms with van der Waals surface area (Å²) in [5.74, 6) is -2.08. The molecular formula is C14H23F3N2O3. The molecule has 1 aliphatic heterocycles. The molecule has 0 unspecified atom stereocenters. The standard InChI is InChI=1S/C14H23F3N2O3/c1-3-6-19(9-14(15,16)17)12(20)11-5-4-7-18(8-11)10(2)13(21)22/h10-11H,3-9H2,1-2H3,(H,21,22)/t10-,11+/m1/s1. The van der Waals surface area contributed by atoms with Crippen molar-refractivity contribution < 1.29 is 27.9 Å². The van der Waals surface area contributed by atoms with Crippen LogP contribution >= 0.6 is 0 Å². The maximum Gasteiger partial charge on any atom is 0.406 e. The molecule has 0 bridgehead atoms. The molecule has 0 saturated carbocycles. The summed E-state index contributed by atoms with van der Waals surface area (Å²) in [6.45, 7) is 2.80. The van der Waals surface area contributed by atoms with Crippen molar-refractivity contribution >= 4 is 11.9 Å². The van der Waals surface area contributed by atoms with Gasteiger partial charge in [0, 0.05) is 13.1 Å². The average Bonchev–Trinajstić information content (AvgIpc) is 2.44. The number of rotatable bonds is 6. The van der Waals surface area contributed by atoms with Crippen LogP contribution in [0.1, 0.15) is 33.1 Å². The summed E-state index contributed by atoms with van der Waals surface area (Å²) in [6.07, 6.45) is -2.86. The first-order valence-corrected chi connectivity index (χ1v) is 7.48. The minimum atomic E-state index is -4.42. The van der Waals surface area contributed by atoms with Gasteiger partial charge in [-0.3, -0.25) is 14.5 Å². The minimum Gasteiger partial charge on any atom is -0.480 e. The van der Waals surface area contributed by atoms with E-state index in [4.69, 9.17) is 5.11 Å². The SMILES string of the molecule is CCCN(CC(F)(F)F)C(=O)[C@H]1CCCN([C@H](C)C(=O)O)C1. The molecule has 1 heterocycles. The zero-order valence-corrected chi connectivity index (χ0v) is 12.9. The lowest BCUT2D eigenvalue weighted by molar-refractivity contribution is -0.165. The average molecular weight is 324 g/mol. The molecule has 1 N–H and O–H groups in total. The number of hydrogen-bond donors (Lipinski definition) is 1. The quantitative estimate of drug-likeness (QED) is 0.811. The molecule has 0 aromatic carbocycles. The van der Waals surface area contributed by atoms with E-state index in [1.165, 1.54) is 6.92 Å². The van der Waals surface area contributed by atoms with Crippen LogP contribution in [0.25, 0.3) is 0 Å². The fourth-order valence-corrected chi connectivity index (χ4v) is 2.73. The fraction of sp³-hybridized carbons (Fsp3) is 0.857. The van der Waals surface area contributed by atoms with Crippen LogP contribution in [0.3, 0.4) is 0 Å². The zero-order chi connectivity index (χ0) is 16.9. The Morgan fingerprint density at radius 1 is 1.41 bits per heavy atom. The number of carbonyl (C=O) groups is 2. The van der Waals surface area contributed by atoms with Crippen molar-refractivity contribution in [2.24, 2.45) is 5.92 Å². The molecule has 0 spiro atoms. The van der Waals surface area contributed by atoms with Crippen LogP contribution in [0.15, 0.2) is 0 Å². The number of aliphatic carboxylic acids is 1. The number of piperidine rings is 1. The summed E-state index contributed by atoms with van der Waals surface area (Å²) >= 11 is 0. The number of carbonyl (C=O) groups excluding carboxylic acids is 1. The summed E-state index contributed by atoms with van der Waals surface area (Å²) < 4.78 is 37.8. The Labute approximate surface area is 128 Å². The van der Waals surface area contributed by atoms with Crippen LogP contribution in [-0.4, -0.2) is 65.2 Å². The third-order valence-electron chi connectivity index (χ3n) is 3.88. The number of nitrogens with zero attached hydrogens (tertiary/aromatic N) is 2. The molecule has 0 radical (unpaired) electrons. The number of carboxylic acid groups (broad SMARTS) is 1. The van der Waals surface area contributed by atoms with Gasteiger partial charge in [-0.25, -0.2) is 0 Å². The van der Waals surface area contributed by atoms with Gasteiger partial charge in [0.1, 0.15) is 12.6 Å². The molecule has 0 aromatic rings. The van der Waals surface area contributed by atoms with Gasteiger partial charge in [-0.1, -0.05) is 6.92 Å². The van der Waals surface area contributed by atoms with Gasteiger partial charge < -0.3 is 10.0 Å². The van der Waals surface area contributed by atoms with Gasteiger partial charge >= 0.3 is 12.1 Å². The Hall–Kier alpha value is -1.31. The van der Waals surface area contributed by atoms with E-state index in [0.29, 0.717) is 25.8 Å². The number of alkyl halides is 3. The second-order valence-electron chi connectivity index (χ2n) is 5.72. The molecule has 1 rings (SSSR count). The normalized spacial score (nSPS) is 21.4. The predicted octanol–water partition coefficient (Wildman–Crippen LogP) is 1.97. The third kappa shape index (κ3) is 5.47. The fourth-order valence-electron chi connectivity index (χ4n) is 2.73. The highest BCUT2D eigenvalue weighted by Crippen LogP contribution is 2.23. The molecule has 1 aliphatic rings. The molecule has 22 heavy (non-hydrogen) atoms. The smallest absolute Gasteiger partial charge is 0.406 e. The maximum absolute atomic E-state index is 12.6. The van der Waals surface area contributed by atoms with Gasteiger partial charge in [-0.05, 0) is 32.7 Å².